The van der Waals surface area contributed by atoms with Crippen LogP contribution in [0.2, 0.25) is 0 Å². The standard InChI is InChI=1S/C35H31N3O6S/c1-6-42-34(40)30-20(3)36-35-38(32(30)31-25-10-8-7-9-22(25)11-13-27(31)41-5)33(39)29(45-35)16-23-15-19(2)37(21(23)4)24-12-14-26-28(17-24)44-18-43-26/h7-17,32H,6,18H2,1-5H3/b29-16+/t32-/m1/s1. The number of fused-ring (bicyclic) bond motifs is 3. The second-order valence-corrected chi connectivity index (χ2v) is 11.9. The Morgan fingerprint density at radius 3 is 2.67 bits per heavy atom. The van der Waals surface area contributed by atoms with Gasteiger partial charge in [-0.2, -0.15) is 0 Å². The number of hydrogen-bond donors (Lipinski definition) is 0. The minimum Gasteiger partial charge on any atom is -0.496 e. The van der Waals surface area contributed by atoms with Crippen LogP contribution in [-0.2, 0) is 9.53 Å². The van der Waals surface area contributed by atoms with E-state index in [1.54, 1.807) is 25.5 Å². The highest BCUT2D eigenvalue weighted by atomic mass is 32.1. The summed E-state index contributed by atoms with van der Waals surface area (Å²) in [7, 11) is 1.59. The Morgan fingerprint density at radius 1 is 1.07 bits per heavy atom. The number of esters is 1. The van der Waals surface area contributed by atoms with E-state index in [9.17, 15) is 9.59 Å². The van der Waals surface area contributed by atoms with Crippen LogP contribution in [0, 0.1) is 13.8 Å². The normalized spacial score (nSPS) is 15.8. The van der Waals surface area contributed by atoms with Crippen LogP contribution in [0.25, 0.3) is 22.5 Å². The SMILES string of the molecule is CCOC(=O)C1=C(C)N=c2s/c(=C/c3cc(C)n(-c4ccc5c(c4)OCO5)c3C)c(=O)n2[C@H]1c1c(OC)ccc2ccccc12. The van der Waals surface area contributed by atoms with E-state index in [1.165, 1.54) is 11.3 Å². The first-order valence-electron chi connectivity index (χ1n) is 14.6. The number of nitrogens with zero attached hydrogens (tertiary/aromatic N) is 3. The summed E-state index contributed by atoms with van der Waals surface area (Å²) in [6, 6.07) is 18.8. The van der Waals surface area contributed by atoms with Gasteiger partial charge in [0, 0.05) is 28.7 Å². The van der Waals surface area contributed by atoms with Gasteiger partial charge in [0.05, 0.1) is 29.5 Å². The molecule has 0 bridgehead atoms. The van der Waals surface area contributed by atoms with Crippen molar-refractivity contribution < 1.29 is 23.7 Å². The van der Waals surface area contributed by atoms with Crippen LogP contribution < -0.4 is 29.1 Å². The lowest BCUT2D eigenvalue weighted by atomic mass is 9.90. The molecule has 3 aromatic carbocycles. The molecule has 5 aromatic rings. The molecule has 1 atom stereocenters. The molecule has 45 heavy (non-hydrogen) atoms. The van der Waals surface area contributed by atoms with Crippen LogP contribution in [-0.4, -0.2) is 35.6 Å². The zero-order valence-corrected chi connectivity index (χ0v) is 26.4. The van der Waals surface area contributed by atoms with Crippen molar-refractivity contribution in [3.05, 3.63) is 114 Å². The Hall–Kier alpha value is -5.09. The third-order valence-electron chi connectivity index (χ3n) is 8.31. The molecular formula is C35H31N3O6S. The molecule has 10 heteroatoms. The number of aromatic nitrogens is 2. The largest absolute Gasteiger partial charge is 0.496 e. The van der Waals surface area contributed by atoms with Gasteiger partial charge in [-0.15, -0.1) is 0 Å². The van der Waals surface area contributed by atoms with Crippen molar-refractivity contribution in [2.75, 3.05) is 20.5 Å². The molecule has 0 saturated heterocycles. The summed E-state index contributed by atoms with van der Waals surface area (Å²) in [6.45, 7) is 7.99. The molecule has 9 nitrogen and oxygen atoms in total. The van der Waals surface area contributed by atoms with Gasteiger partial charge < -0.3 is 23.5 Å². The fourth-order valence-corrected chi connectivity index (χ4v) is 7.33. The summed E-state index contributed by atoms with van der Waals surface area (Å²) in [5.74, 6) is 1.47. The van der Waals surface area contributed by atoms with Gasteiger partial charge in [-0.1, -0.05) is 41.7 Å². The first-order valence-corrected chi connectivity index (χ1v) is 15.5. The Morgan fingerprint density at radius 2 is 1.87 bits per heavy atom. The van der Waals surface area contributed by atoms with Gasteiger partial charge in [-0.05, 0) is 74.4 Å². The maximum Gasteiger partial charge on any atom is 0.338 e. The van der Waals surface area contributed by atoms with Crippen molar-refractivity contribution >= 4 is 34.2 Å². The average molecular weight is 622 g/mol. The summed E-state index contributed by atoms with van der Waals surface area (Å²) in [4.78, 5) is 33.2. The maximum atomic E-state index is 14.4. The molecule has 2 aromatic heterocycles. The number of carbonyl (C=O) groups is 1. The van der Waals surface area contributed by atoms with E-state index < -0.39 is 12.0 Å². The minimum atomic E-state index is -0.801. The zero-order chi connectivity index (χ0) is 31.4. The predicted octanol–water partition coefficient (Wildman–Crippen LogP) is 5.10. The number of allylic oxidation sites excluding steroid dienone is 1. The van der Waals surface area contributed by atoms with E-state index in [0.29, 0.717) is 37.7 Å². The lowest BCUT2D eigenvalue weighted by Gasteiger charge is -2.27. The number of benzene rings is 3. The summed E-state index contributed by atoms with van der Waals surface area (Å²) >= 11 is 1.30. The van der Waals surface area contributed by atoms with Crippen LogP contribution >= 0.6 is 11.3 Å². The molecule has 0 spiro atoms. The zero-order valence-electron chi connectivity index (χ0n) is 25.5. The molecule has 0 saturated carbocycles. The molecule has 0 amide bonds. The molecule has 2 aliphatic rings. The second kappa shape index (κ2) is 11.1. The van der Waals surface area contributed by atoms with Gasteiger partial charge in [0.25, 0.3) is 5.56 Å². The predicted molar refractivity (Wildman–Crippen MR) is 172 cm³/mol. The number of hydrogen-bond acceptors (Lipinski definition) is 8. The molecule has 0 radical (unpaired) electrons. The molecule has 0 fully saturated rings. The summed E-state index contributed by atoms with van der Waals surface area (Å²) in [5, 5.41) is 1.84. The van der Waals surface area contributed by atoms with Gasteiger partial charge in [-0.3, -0.25) is 9.36 Å². The summed E-state index contributed by atoms with van der Waals surface area (Å²) in [6.07, 6.45) is 1.90. The highest BCUT2D eigenvalue weighted by molar-refractivity contribution is 7.07. The Kier molecular flexibility index (Phi) is 7.08. The highest BCUT2D eigenvalue weighted by Crippen LogP contribution is 2.40. The third-order valence-corrected chi connectivity index (χ3v) is 9.30. The van der Waals surface area contributed by atoms with Crippen molar-refractivity contribution in [3.8, 4) is 22.9 Å². The number of carbonyl (C=O) groups excluding carboxylic acids is 1. The second-order valence-electron chi connectivity index (χ2n) is 10.9. The van der Waals surface area contributed by atoms with Crippen LogP contribution in [0.15, 0.2) is 81.7 Å². The smallest absolute Gasteiger partial charge is 0.338 e. The third kappa shape index (κ3) is 4.64. The van der Waals surface area contributed by atoms with Gasteiger partial charge in [0.1, 0.15) is 11.8 Å². The van der Waals surface area contributed by atoms with Crippen molar-refractivity contribution in [2.24, 2.45) is 4.99 Å². The first-order chi connectivity index (χ1) is 21.8. The first kappa shape index (κ1) is 28.7. The van der Waals surface area contributed by atoms with Gasteiger partial charge in [-0.25, -0.2) is 9.79 Å². The molecular weight excluding hydrogens is 590 g/mol. The molecule has 0 N–H and O–H groups in total. The number of methoxy groups -OCH3 is 1. The van der Waals surface area contributed by atoms with Crippen LogP contribution in [0.4, 0.5) is 0 Å². The van der Waals surface area contributed by atoms with Gasteiger partial charge in [0.15, 0.2) is 16.3 Å². The van der Waals surface area contributed by atoms with E-state index in [-0.39, 0.29) is 19.0 Å². The molecule has 2 aliphatic heterocycles. The highest BCUT2D eigenvalue weighted by Gasteiger charge is 2.36. The van der Waals surface area contributed by atoms with Crippen molar-refractivity contribution in [1.82, 2.24) is 9.13 Å². The lowest BCUT2D eigenvalue weighted by molar-refractivity contribution is -0.139. The topological polar surface area (TPSA) is 93.3 Å². The minimum absolute atomic E-state index is 0.193. The van der Waals surface area contributed by atoms with E-state index >= 15 is 0 Å². The van der Waals surface area contributed by atoms with E-state index in [0.717, 1.165) is 39.2 Å². The van der Waals surface area contributed by atoms with Crippen molar-refractivity contribution in [2.45, 2.75) is 33.7 Å². The molecule has 0 unspecified atom stereocenters. The Bertz CT molecular complexity index is 2240. The van der Waals surface area contributed by atoms with E-state index in [1.807, 2.05) is 74.5 Å². The lowest BCUT2D eigenvalue weighted by Crippen LogP contribution is -2.40. The summed E-state index contributed by atoms with van der Waals surface area (Å²) in [5.41, 5.74) is 5.08. The molecule has 228 valence electrons. The fourth-order valence-electron chi connectivity index (χ4n) is 6.30. The van der Waals surface area contributed by atoms with Gasteiger partial charge in [0.2, 0.25) is 6.79 Å². The Labute approximate surface area is 262 Å². The molecule has 0 aliphatic carbocycles. The number of aryl methyl sites for hydroxylation is 1. The quantitative estimate of drug-likeness (QED) is 0.245. The van der Waals surface area contributed by atoms with Crippen molar-refractivity contribution in [3.63, 3.8) is 0 Å². The maximum absolute atomic E-state index is 14.4. The number of thiazole rings is 1. The van der Waals surface area contributed by atoms with E-state index in [2.05, 4.69) is 10.6 Å². The summed E-state index contributed by atoms with van der Waals surface area (Å²) < 4.78 is 26.7. The monoisotopic (exact) mass is 621 g/mol. The van der Waals surface area contributed by atoms with Crippen molar-refractivity contribution in [1.29, 1.82) is 0 Å². The Balaban J connectivity index is 1.44. The van der Waals surface area contributed by atoms with Gasteiger partial charge >= 0.3 is 5.97 Å². The number of rotatable bonds is 6. The van der Waals surface area contributed by atoms with E-state index in [4.69, 9.17) is 23.9 Å². The molecule has 7 rings (SSSR count). The average Bonchev–Trinajstić information content (AvgIpc) is 3.70. The van der Waals surface area contributed by atoms with Crippen LogP contribution in [0.5, 0.6) is 17.2 Å². The fraction of sp³-hybridized carbons (Fsp3) is 0.229. The number of ether oxygens (including phenoxy) is 4. The van der Waals surface area contributed by atoms with Crippen LogP contribution in [0.3, 0.4) is 0 Å². The molecule has 4 heterocycles. The van der Waals surface area contributed by atoms with Crippen LogP contribution in [0.1, 0.15) is 42.4 Å².